The minimum Gasteiger partial charge on any atom is -0.367 e. The third-order valence-electron chi connectivity index (χ3n) is 6.12. The molecule has 1 aliphatic rings. The van der Waals surface area contributed by atoms with Crippen LogP contribution in [0.25, 0.3) is 10.9 Å². The number of anilines is 1. The monoisotopic (exact) mass is 576 g/mol. The van der Waals surface area contributed by atoms with Crippen LogP contribution in [0.4, 0.5) is 10.1 Å². The number of nitrogens with zero attached hydrogens (tertiary/aromatic N) is 4. The standard InChI is InChI=1S/C26H33FN6.HI/c1-3-28-26(31-19-21-11-12-29-24-8-6-5-7-22(21)24)30-18-20-9-10-25(23(27)17-20)33-15-13-32(4-2)14-16-33;/h5-12,17H,3-4,13-16,18-19H2,1-2H3,(H2,28,30,31);1H. The number of para-hydroxylation sites is 1. The number of rotatable bonds is 7. The number of aliphatic imine (C=N–C) groups is 1. The molecule has 1 fully saturated rings. The summed E-state index contributed by atoms with van der Waals surface area (Å²) >= 11 is 0. The zero-order valence-electron chi connectivity index (χ0n) is 19.9. The Morgan fingerprint density at radius 3 is 2.56 bits per heavy atom. The fourth-order valence-corrected chi connectivity index (χ4v) is 4.21. The van der Waals surface area contributed by atoms with Crippen molar-refractivity contribution in [2.24, 2.45) is 4.99 Å². The molecule has 0 amide bonds. The summed E-state index contributed by atoms with van der Waals surface area (Å²) in [7, 11) is 0. The van der Waals surface area contributed by atoms with Crippen LogP contribution < -0.4 is 15.5 Å². The van der Waals surface area contributed by atoms with Crippen molar-refractivity contribution < 1.29 is 4.39 Å². The molecule has 0 atom stereocenters. The van der Waals surface area contributed by atoms with E-state index in [4.69, 9.17) is 0 Å². The second kappa shape index (κ2) is 12.9. The minimum atomic E-state index is -0.172. The summed E-state index contributed by atoms with van der Waals surface area (Å²) in [6.07, 6.45) is 1.83. The lowest BCUT2D eigenvalue weighted by Gasteiger charge is -2.35. The van der Waals surface area contributed by atoms with Crippen LogP contribution in [0.1, 0.15) is 25.0 Å². The van der Waals surface area contributed by atoms with Gasteiger partial charge in [0.25, 0.3) is 0 Å². The number of fused-ring (bicyclic) bond motifs is 1. The minimum absolute atomic E-state index is 0. The average molecular weight is 577 g/mol. The lowest BCUT2D eigenvalue weighted by atomic mass is 10.1. The van der Waals surface area contributed by atoms with Gasteiger partial charge < -0.3 is 20.4 Å². The van der Waals surface area contributed by atoms with E-state index in [1.165, 1.54) is 0 Å². The van der Waals surface area contributed by atoms with Crippen LogP contribution in [0.5, 0.6) is 0 Å². The first kappa shape index (κ1) is 26.2. The molecule has 6 nitrogen and oxygen atoms in total. The first-order chi connectivity index (χ1) is 16.2. The Hall–Kier alpha value is -2.46. The second-order valence-electron chi connectivity index (χ2n) is 8.24. The van der Waals surface area contributed by atoms with Crippen molar-refractivity contribution in [3.05, 3.63) is 71.7 Å². The van der Waals surface area contributed by atoms with Crippen molar-refractivity contribution in [1.82, 2.24) is 20.5 Å². The van der Waals surface area contributed by atoms with E-state index in [2.05, 4.69) is 43.4 Å². The van der Waals surface area contributed by atoms with E-state index in [0.717, 1.165) is 61.3 Å². The molecule has 0 saturated carbocycles. The number of hydrogen-bond donors (Lipinski definition) is 2. The predicted octanol–water partition coefficient (Wildman–Crippen LogP) is 4.39. The maximum Gasteiger partial charge on any atom is 0.191 e. The van der Waals surface area contributed by atoms with Crippen LogP contribution in [-0.4, -0.2) is 55.1 Å². The summed E-state index contributed by atoms with van der Waals surface area (Å²) < 4.78 is 14.9. The van der Waals surface area contributed by atoms with E-state index >= 15 is 0 Å². The smallest absolute Gasteiger partial charge is 0.191 e. The molecule has 0 radical (unpaired) electrons. The molecular formula is C26H34FIN6. The number of aromatic nitrogens is 1. The molecule has 1 aliphatic heterocycles. The Labute approximate surface area is 218 Å². The van der Waals surface area contributed by atoms with Gasteiger partial charge in [-0.2, -0.15) is 0 Å². The molecule has 8 heteroatoms. The molecule has 34 heavy (non-hydrogen) atoms. The molecule has 2 N–H and O–H groups in total. The number of piperazine rings is 1. The molecular weight excluding hydrogens is 542 g/mol. The van der Waals surface area contributed by atoms with E-state index < -0.39 is 0 Å². The molecule has 0 spiro atoms. The van der Waals surface area contributed by atoms with Crippen LogP contribution in [-0.2, 0) is 13.1 Å². The number of pyridine rings is 1. The van der Waals surface area contributed by atoms with Gasteiger partial charge in [-0.1, -0.05) is 31.2 Å². The summed E-state index contributed by atoms with van der Waals surface area (Å²) in [6.45, 7) is 10.7. The van der Waals surface area contributed by atoms with Crippen molar-refractivity contribution in [2.75, 3.05) is 44.2 Å². The van der Waals surface area contributed by atoms with Crippen LogP contribution in [0.2, 0.25) is 0 Å². The van der Waals surface area contributed by atoms with E-state index in [1.54, 1.807) is 6.07 Å². The lowest BCUT2D eigenvalue weighted by Crippen LogP contribution is -2.46. The number of guanidine groups is 1. The largest absolute Gasteiger partial charge is 0.367 e. The second-order valence-corrected chi connectivity index (χ2v) is 8.24. The van der Waals surface area contributed by atoms with E-state index in [-0.39, 0.29) is 29.8 Å². The molecule has 182 valence electrons. The van der Waals surface area contributed by atoms with Crippen molar-refractivity contribution in [3.63, 3.8) is 0 Å². The highest BCUT2D eigenvalue weighted by Crippen LogP contribution is 2.22. The highest BCUT2D eigenvalue weighted by Gasteiger charge is 2.18. The van der Waals surface area contributed by atoms with Gasteiger partial charge in [0.05, 0.1) is 17.7 Å². The zero-order valence-corrected chi connectivity index (χ0v) is 22.3. The van der Waals surface area contributed by atoms with E-state index in [1.807, 2.05) is 49.5 Å². The fourth-order valence-electron chi connectivity index (χ4n) is 4.21. The quantitative estimate of drug-likeness (QED) is 0.249. The van der Waals surface area contributed by atoms with E-state index in [9.17, 15) is 4.39 Å². The normalized spacial score (nSPS) is 14.7. The van der Waals surface area contributed by atoms with Gasteiger partial charge in [-0.05, 0) is 48.9 Å². The SMILES string of the molecule is CCNC(=NCc1ccc(N2CCN(CC)CC2)c(F)c1)NCc1ccnc2ccccc12.I. The van der Waals surface area contributed by atoms with Crippen molar-refractivity contribution >= 4 is 46.5 Å². The number of hydrogen-bond acceptors (Lipinski definition) is 4. The summed E-state index contributed by atoms with van der Waals surface area (Å²) in [5.74, 6) is 0.535. The van der Waals surface area contributed by atoms with Crippen LogP contribution >= 0.6 is 24.0 Å². The molecule has 1 saturated heterocycles. The van der Waals surface area contributed by atoms with Crippen LogP contribution in [0.3, 0.4) is 0 Å². The molecule has 3 aromatic rings. The number of benzene rings is 2. The first-order valence-corrected chi connectivity index (χ1v) is 11.8. The third-order valence-corrected chi connectivity index (χ3v) is 6.12. The van der Waals surface area contributed by atoms with Crippen LogP contribution in [0.15, 0.2) is 59.7 Å². The van der Waals surface area contributed by atoms with Gasteiger partial charge >= 0.3 is 0 Å². The number of likely N-dealkylation sites (N-methyl/N-ethyl adjacent to an activating group) is 1. The molecule has 0 aliphatic carbocycles. The third kappa shape index (κ3) is 6.56. The van der Waals surface area contributed by atoms with Gasteiger partial charge in [0.1, 0.15) is 5.82 Å². The van der Waals surface area contributed by atoms with Gasteiger partial charge in [0, 0.05) is 50.9 Å². The predicted molar refractivity (Wildman–Crippen MR) is 150 cm³/mol. The topological polar surface area (TPSA) is 55.8 Å². The van der Waals surface area contributed by atoms with Crippen molar-refractivity contribution in [3.8, 4) is 0 Å². The maximum atomic E-state index is 14.9. The highest BCUT2D eigenvalue weighted by molar-refractivity contribution is 14.0. The summed E-state index contributed by atoms with van der Waals surface area (Å²) in [5, 5.41) is 7.79. The van der Waals surface area contributed by atoms with Crippen molar-refractivity contribution in [2.45, 2.75) is 26.9 Å². The molecule has 1 aromatic heterocycles. The van der Waals surface area contributed by atoms with Crippen LogP contribution in [0, 0.1) is 5.82 Å². The van der Waals surface area contributed by atoms with Gasteiger partial charge in [-0.15, -0.1) is 24.0 Å². The van der Waals surface area contributed by atoms with Gasteiger partial charge in [0.15, 0.2) is 5.96 Å². The first-order valence-electron chi connectivity index (χ1n) is 11.8. The Kier molecular flexibility index (Phi) is 9.88. The molecule has 4 rings (SSSR count). The Morgan fingerprint density at radius 2 is 1.82 bits per heavy atom. The van der Waals surface area contributed by atoms with E-state index in [0.29, 0.717) is 24.7 Å². The van der Waals surface area contributed by atoms with Gasteiger partial charge in [-0.3, -0.25) is 4.98 Å². The fraction of sp³-hybridized carbons (Fsp3) is 0.385. The summed E-state index contributed by atoms with van der Waals surface area (Å²) in [4.78, 5) is 13.6. The number of halogens is 2. The molecule has 2 aromatic carbocycles. The number of nitrogens with one attached hydrogen (secondary N) is 2. The Balaban J connectivity index is 0.00000324. The Bertz CT molecular complexity index is 1090. The Morgan fingerprint density at radius 1 is 1.03 bits per heavy atom. The highest BCUT2D eigenvalue weighted by atomic mass is 127. The molecule has 0 bridgehead atoms. The summed E-state index contributed by atoms with van der Waals surface area (Å²) in [6, 6.07) is 15.6. The maximum absolute atomic E-state index is 14.9. The molecule has 0 unspecified atom stereocenters. The van der Waals surface area contributed by atoms with Gasteiger partial charge in [-0.25, -0.2) is 9.38 Å². The average Bonchev–Trinajstić information content (AvgIpc) is 2.86. The lowest BCUT2D eigenvalue weighted by molar-refractivity contribution is 0.270. The van der Waals surface area contributed by atoms with Gasteiger partial charge in [0.2, 0.25) is 0 Å². The molecule has 2 heterocycles. The van der Waals surface area contributed by atoms with Crippen molar-refractivity contribution in [1.29, 1.82) is 0 Å². The zero-order chi connectivity index (χ0) is 23.0. The summed E-state index contributed by atoms with van der Waals surface area (Å²) in [5.41, 5.74) is 3.68.